The molecule has 0 atom stereocenters. The van der Waals surface area contributed by atoms with Gasteiger partial charge in [-0.05, 0) is 12.1 Å². The van der Waals surface area contributed by atoms with Crippen LogP contribution >= 0.6 is 0 Å². The van der Waals surface area contributed by atoms with Crippen molar-refractivity contribution in [2.24, 2.45) is 0 Å². The summed E-state index contributed by atoms with van der Waals surface area (Å²) in [6.07, 6.45) is -2.27. The molecule has 0 saturated carbocycles. The van der Waals surface area contributed by atoms with Gasteiger partial charge in [0.1, 0.15) is 18.9 Å². The third-order valence-corrected chi connectivity index (χ3v) is 2.79. The fourth-order valence-electron chi connectivity index (χ4n) is 1.61. The highest BCUT2D eigenvalue weighted by Crippen LogP contribution is 2.22. The van der Waals surface area contributed by atoms with E-state index < -0.39 is 31.5 Å². The number of pyridine rings is 1. The van der Waals surface area contributed by atoms with Crippen LogP contribution < -0.4 is 5.32 Å². The lowest BCUT2D eigenvalue weighted by Gasteiger charge is -2.14. The summed E-state index contributed by atoms with van der Waals surface area (Å²) in [4.78, 5) is 15.5. The molecule has 2 aromatic rings. The standard InChI is InChI=1S/C14H13F4N3O3/c15-13(16)14(17,18)8-23-7-12(22)20-6-9-5-11(21-24-9)10-3-1-2-4-19-10/h1-5,13H,6-8H2,(H,20,22). The smallest absolute Gasteiger partial charge is 0.330 e. The Bertz CT molecular complexity index is 664. The monoisotopic (exact) mass is 347 g/mol. The first-order valence-corrected chi connectivity index (χ1v) is 6.76. The van der Waals surface area contributed by atoms with Crippen molar-refractivity contribution in [3.05, 3.63) is 36.2 Å². The van der Waals surface area contributed by atoms with E-state index in [4.69, 9.17) is 4.52 Å². The third kappa shape index (κ3) is 5.01. The summed E-state index contributed by atoms with van der Waals surface area (Å²) in [5.74, 6) is -4.74. The average molecular weight is 347 g/mol. The molecule has 2 rings (SSSR count). The molecule has 2 heterocycles. The number of nitrogens with one attached hydrogen (secondary N) is 1. The zero-order chi connectivity index (χ0) is 17.6. The van der Waals surface area contributed by atoms with Gasteiger partial charge >= 0.3 is 12.3 Å². The van der Waals surface area contributed by atoms with Gasteiger partial charge in [-0.1, -0.05) is 11.2 Å². The van der Waals surface area contributed by atoms with Crippen LogP contribution in [0.15, 0.2) is 35.0 Å². The minimum absolute atomic E-state index is 0.0622. The first-order valence-electron chi connectivity index (χ1n) is 6.76. The minimum Gasteiger partial charge on any atom is -0.365 e. The minimum atomic E-state index is -4.29. The molecule has 0 unspecified atom stereocenters. The maximum absolute atomic E-state index is 12.6. The van der Waals surface area contributed by atoms with E-state index in [2.05, 4.69) is 20.2 Å². The van der Waals surface area contributed by atoms with Gasteiger partial charge in [0.25, 0.3) is 0 Å². The summed E-state index contributed by atoms with van der Waals surface area (Å²) >= 11 is 0. The Morgan fingerprint density at radius 3 is 2.79 bits per heavy atom. The van der Waals surface area contributed by atoms with Gasteiger partial charge in [0.05, 0.1) is 12.2 Å². The SMILES string of the molecule is O=C(COCC(F)(F)C(F)F)NCc1cc(-c2ccccn2)no1. The predicted molar refractivity (Wildman–Crippen MR) is 73.4 cm³/mol. The van der Waals surface area contributed by atoms with Crippen molar-refractivity contribution in [2.45, 2.75) is 18.9 Å². The molecule has 0 aromatic carbocycles. The van der Waals surface area contributed by atoms with Crippen LogP contribution in [0.25, 0.3) is 11.4 Å². The molecule has 1 N–H and O–H groups in total. The van der Waals surface area contributed by atoms with Crippen LogP contribution in [0.2, 0.25) is 0 Å². The van der Waals surface area contributed by atoms with Crippen LogP contribution in [0.1, 0.15) is 5.76 Å². The Morgan fingerprint density at radius 2 is 2.12 bits per heavy atom. The second-order valence-corrected chi connectivity index (χ2v) is 4.72. The molecule has 0 aliphatic rings. The van der Waals surface area contributed by atoms with Gasteiger partial charge in [0.15, 0.2) is 5.76 Å². The van der Waals surface area contributed by atoms with E-state index in [-0.39, 0.29) is 6.54 Å². The second kappa shape index (κ2) is 7.86. The van der Waals surface area contributed by atoms with E-state index in [0.29, 0.717) is 17.1 Å². The van der Waals surface area contributed by atoms with Crippen molar-refractivity contribution in [1.29, 1.82) is 0 Å². The van der Waals surface area contributed by atoms with Gasteiger partial charge in [-0.25, -0.2) is 8.78 Å². The molecular weight excluding hydrogens is 334 g/mol. The fourth-order valence-corrected chi connectivity index (χ4v) is 1.61. The second-order valence-electron chi connectivity index (χ2n) is 4.72. The summed E-state index contributed by atoms with van der Waals surface area (Å²) < 4.78 is 58.2. The number of carbonyl (C=O) groups is 1. The van der Waals surface area contributed by atoms with Crippen LogP contribution in [0.5, 0.6) is 0 Å². The summed E-state index contributed by atoms with van der Waals surface area (Å²) in [5.41, 5.74) is 1.05. The largest absolute Gasteiger partial charge is 0.365 e. The predicted octanol–water partition coefficient (Wildman–Crippen LogP) is 2.27. The third-order valence-electron chi connectivity index (χ3n) is 2.79. The number of aromatic nitrogens is 2. The van der Waals surface area contributed by atoms with Crippen LogP contribution in [0.4, 0.5) is 17.6 Å². The van der Waals surface area contributed by atoms with Gasteiger partial charge in [0.2, 0.25) is 5.91 Å². The number of carbonyl (C=O) groups excluding carboxylic acids is 1. The molecular formula is C14H13F4N3O3. The van der Waals surface area contributed by atoms with Crippen LogP contribution in [-0.4, -0.2) is 41.6 Å². The Labute approximate surface area is 133 Å². The van der Waals surface area contributed by atoms with Crippen LogP contribution in [-0.2, 0) is 16.1 Å². The quantitative estimate of drug-likeness (QED) is 0.742. The number of hydrogen-bond donors (Lipinski definition) is 1. The van der Waals surface area contributed by atoms with Crippen molar-refractivity contribution in [3.8, 4) is 11.4 Å². The highest BCUT2D eigenvalue weighted by molar-refractivity contribution is 5.77. The number of hydrogen-bond acceptors (Lipinski definition) is 5. The Balaban J connectivity index is 1.76. The number of ether oxygens (including phenoxy) is 1. The lowest BCUT2D eigenvalue weighted by atomic mass is 10.2. The van der Waals surface area contributed by atoms with Crippen LogP contribution in [0.3, 0.4) is 0 Å². The van der Waals surface area contributed by atoms with Crippen molar-refractivity contribution in [2.75, 3.05) is 13.2 Å². The highest BCUT2D eigenvalue weighted by Gasteiger charge is 2.41. The summed E-state index contributed by atoms with van der Waals surface area (Å²) in [7, 11) is 0. The number of amides is 1. The zero-order valence-corrected chi connectivity index (χ0v) is 12.2. The number of halogens is 4. The molecule has 0 radical (unpaired) electrons. The fraction of sp³-hybridized carbons (Fsp3) is 0.357. The van der Waals surface area contributed by atoms with Crippen LogP contribution in [0, 0.1) is 0 Å². The molecule has 24 heavy (non-hydrogen) atoms. The lowest BCUT2D eigenvalue weighted by molar-refractivity contribution is -0.168. The van der Waals surface area contributed by atoms with Gasteiger partial charge < -0.3 is 14.6 Å². The van der Waals surface area contributed by atoms with Gasteiger partial charge in [-0.3, -0.25) is 9.78 Å². The molecule has 0 spiro atoms. The van der Waals surface area contributed by atoms with E-state index in [1.807, 2.05) is 0 Å². The van der Waals surface area contributed by atoms with Crippen molar-refractivity contribution in [3.63, 3.8) is 0 Å². The maximum Gasteiger partial charge on any atom is 0.330 e. The molecule has 10 heteroatoms. The molecule has 130 valence electrons. The number of alkyl halides is 4. The van der Waals surface area contributed by atoms with E-state index in [0.717, 1.165) is 0 Å². The normalized spacial score (nSPS) is 11.7. The molecule has 2 aromatic heterocycles. The number of rotatable bonds is 8. The topological polar surface area (TPSA) is 77.2 Å². The first-order chi connectivity index (χ1) is 11.4. The van der Waals surface area contributed by atoms with Crippen molar-refractivity contribution in [1.82, 2.24) is 15.5 Å². The van der Waals surface area contributed by atoms with E-state index in [1.165, 1.54) is 0 Å². The molecule has 0 fully saturated rings. The van der Waals surface area contributed by atoms with Gasteiger partial charge in [-0.15, -0.1) is 0 Å². The van der Waals surface area contributed by atoms with E-state index >= 15 is 0 Å². The highest BCUT2D eigenvalue weighted by atomic mass is 19.3. The summed E-state index contributed by atoms with van der Waals surface area (Å²) in [5, 5.41) is 6.10. The molecule has 0 aliphatic carbocycles. The Morgan fingerprint density at radius 1 is 1.33 bits per heavy atom. The Kier molecular flexibility index (Phi) is 5.85. The molecule has 6 nitrogen and oxygen atoms in total. The lowest BCUT2D eigenvalue weighted by Crippen LogP contribution is -2.35. The van der Waals surface area contributed by atoms with E-state index in [9.17, 15) is 22.4 Å². The molecule has 1 amide bonds. The Hall–Kier alpha value is -2.49. The maximum atomic E-state index is 12.6. The van der Waals surface area contributed by atoms with E-state index in [1.54, 1.807) is 30.5 Å². The average Bonchev–Trinajstić information content (AvgIpc) is 3.02. The first kappa shape index (κ1) is 17.9. The summed E-state index contributed by atoms with van der Waals surface area (Å²) in [6, 6.07) is 6.78. The zero-order valence-electron chi connectivity index (χ0n) is 12.2. The molecule has 0 saturated heterocycles. The summed E-state index contributed by atoms with van der Waals surface area (Å²) in [6.45, 7) is -2.37. The molecule has 0 aliphatic heterocycles. The van der Waals surface area contributed by atoms with Crippen molar-refractivity contribution >= 4 is 5.91 Å². The van der Waals surface area contributed by atoms with Gasteiger partial charge in [-0.2, -0.15) is 8.78 Å². The van der Waals surface area contributed by atoms with Crippen molar-refractivity contribution < 1.29 is 31.6 Å². The molecule has 0 bridgehead atoms. The van der Waals surface area contributed by atoms with Gasteiger partial charge in [0, 0.05) is 12.3 Å². The number of nitrogens with zero attached hydrogens (tertiary/aromatic N) is 2.